The monoisotopic (exact) mass is 356 g/mol. The summed E-state index contributed by atoms with van der Waals surface area (Å²) in [7, 11) is -1.11. The van der Waals surface area contributed by atoms with Gasteiger partial charge in [-0.05, 0) is 20.3 Å². The number of carbonyl (C=O) groups is 1. The Hall–Kier alpha value is 0.457. The highest BCUT2D eigenvalue weighted by atomic mass is 79.9. The van der Waals surface area contributed by atoms with E-state index in [9.17, 15) is 4.79 Å². The Kier molecular flexibility index (Phi) is 8.81. The van der Waals surface area contributed by atoms with Crippen LogP contribution in [0.25, 0.3) is 0 Å². The minimum absolute atomic E-state index is 0.182. The van der Waals surface area contributed by atoms with Crippen molar-refractivity contribution in [2.75, 3.05) is 12.1 Å². The summed E-state index contributed by atoms with van der Waals surface area (Å²) in [6.07, 6.45) is 4.55. The highest BCUT2D eigenvalue weighted by Crippen LogP contribution is 2.18. The van der Waals surface area contributed by atoms with Gasteiger partial charge in [0.05, 0.1) is 14.7 Å². The van der Waals surface area contributed by atoms with E-state index in [2.05, 4.69) is 29.0 Å². The van der Waals surface area contributed by atoms with Gasteiger partial charge >= 0.3 is 5.97 Å². The fourth-order valence-electron chi connectivity index (χ4n) is 1.46. The largest absolute Gasteiger partial charge is 0.465 e. The normalized spacial score (nSPS) is 12.6. The Morgan fingerprint density at radius 2 is 1.78 bits per heavy atom. The zero-order chi connectivity index (χ0) is 14.2. The predicted octanol–water partition coefficient (Wildman–Crippen LogP) is 4.75. The summed E-state index contributed by atoms with van der Waals surface area (Å²) in [4.78, 5) is 11.4. The minimum Gasteiger partial charge on any atom is -0.465 e. The quantitative estimate of drug-likeness (QED) is 0.257. The molecule has 2 nitrogen and oxygen atoms in total. The number of ether oxygens (including phenoxy) is 1. The molecule has 0 radical (unpaired) electrons. The van der Waals surface area contributed by atoms with Gasteiger partial charge in [-0.25, -0.2) is 0 Å². The van der Waals surface area contributed by atoms with Crippen LogP contribution in [0.4, 0.5) is 0 Å². The van der Waals surface area contributed by atoms with Crippen molar-refractivity contribution in [1.29, 1.82) is 0 Å². The van der Waals surface area contributed by atoms with Crippen molar-refractivity contribution < 1.29 is 9.53 Å². The van der Waals surface area contributed by atoms with E-state index in [1.54, 1.807) is 13.8 Å². The molecule has 18 heavy (non-hydrogen) atoms. The molecule has 0 saturated heterocycles. The summed E-state index contributed by atoms with van der Waals surface area (Å²) in [6, 6.07) is 1.30. The van der Waals surface area contributed by atoms with E-state index >= 15 is 0 Å². The number of rotatable bonds is 9. The zero-order valence-corrected chi connectivity index (χ0v) is 15.4. The number of unbranched alkanes of at least 4 members (excludes halogenated alkanes) is 3. The number of halogens is 2. The Morgan fingerprint density at radius 3 is 2.28 bits per heavy atom. The van der Waals surface area contributed by atoms with Gasteiger partial charge in [0, 0.05) is 5.50 Å². The van der Waals surface area contributed by atoms with Crippen LogP contribution in [0.15, 0.2) is 0 Å². The molecule has 0 heterocycles. The van der Waals surface area contributed by atoms with Gasteiger partial charge in [0.1, 0.15) is 4.32 Å². The van der Waals surface area contributed by atoms with Crippen LogP contribution in [0.1, 0.15) is 39.5 Å². The Balaban J connectivity index is 3.45. The van der Waals surface area contributed by atoms with Gasteiger partial charge in [0.15, 0.2) is 0 Å². The van der Waals surface area contributed by atoms with E-state index in [0.29, 0.717) is 6.61 Å². The van der Waals surface area contributed by atoms with Gasteiger partial charge in [-0.2, -0.15) is 0 Å². The first kappa shape index (κ1) is 18.5. The van der Waals surface area contributed by atoms with Crippen LogP contribution in [-0.4, -0.2) is 30.5 Å². The molecule has 0 aromatic carbocycles. The molecular weight excluding hydrogens is 332 g/mol. The molecule has 0 aromatic rings. The molecule has 0 spiro atoms. The highest BCUT2D eigenvalue weighted by molar-refractivity contribution is 9.10. The van der Waals surface area contributed by atoms with Crippen molar-refractivity contribution in [2.45, 2.75) is 63.0 Å². The summed E-state index contributed by atoms with van der Waals surface area (Å²) in [6.45, 7) is 8.80. The zero-order valence-electron chi connectivity index (χ0n) is 12.0. The maximum Gasteiger partial charge on any atom is 0.322 e. The molecule has 0 fully saturated rings. The van der Waals surface area contributed by atoms with Gasteiger partial charge in [-0.1, -0.05) is 54.3 Å². The first-order valence-electron chi connectivity index (χ1n) is 6.61. The van der Waals surface area contributed by atoms with Crippen molar-refractivity contribution >= 4 is 41.6 Å². The van der Waals surface area contributed by atoms with Crippen molar-refractivity contribution in [3.63, 3.8) is 0 Å². The third-order valence-electron chi connectivity index (χ3n) is 2.83. The van der Waals surface area contributed by atoms with Crippen molar-refractivity contribution in [3.05, 3.63) is 0 Å². The lowest BCUT2D eigenvalue weighted by molar-refractivity contribution is -0.145. The number of hydrogen-bond donors (Lipinski definition) is 0. The molecule has 0 aromatic heterocycles. The lowest BCUT2D eigenvalue weighted by Crippen LogP contribution is -2.27. The third kappa shape index (κ3) is 9.40. The molecule has 0 atom stereocenters. The van der Waals surface area contributed by atoms with Gasteiger partial charge in [0.25, 0.3) is 0 Å². The summed E-state index contributed by atoms with van der Waals surface area (Å²) >= 11 is 9.22. The van der Waals surface area contributed by atoms with Gasteiger partial charge in [-0.15, -0.1) is 11.6 Å². The van der Waals surface area contributed by atoms with Gasteiger partial charge < -0.3 is 4.74 Å². The summed E-state index contributed by atoms with van der Waals surface area (Å²) in [5.41, 5.74) is 0.852. The molecule has 0 aliphatic rings. The molecule has 0 saturated carbocycles. The molecule has 0 aliphatic heterocycles. The average Bonchev–Trinajstić information content (AvgIpc) is 2.26. The molecule has 0 aliphatic carbocycles. The van der Waals surface area contributed by atoms with Gasteiger partial charge in [0.2, 0.25) is 0 Å². The first-order valence-corrected chi connectivity index (χ1v) is 11.4. The van der Waals surface area contributed by atoms with E-state index in [-0.39, 0.29) is 5.97 Å². The first-order chi connectivity index (χ1) is 8.19. The number of hydrogen-bond acceptors (Lipinski definition) is 2. The lowest BCUT2D eigenvalue weighted by Gasteiger charge is -2.18. The van der Waals surface area contributed by atoms with Crippen LogP contribution >= 0.6 is 27.5 Å². The molecule has 108 valence electrons. The number of alkyl halides is 2. The van der Waals surface area contributed by atoms with Crippen molar-refractivity contribution in [3.8, 4) is 0 Å². The van der Waals surface area contributed by atoms with E-state index in [1.165, 1.54) is 18.9 Å². The van der Waals surface area contributed by atoms with Gasteiger partial charge in [-0.3, -0.25) is 4.79 Å². The fraction of sp³-hybridized carbons (Fsp3) is 0.923. The third-order valence-corrected chi connectivity index (χ3v) is 7.75. The molecule has 0 N–H and O–H groups in total. The molecule has 0 bridgehead atoms. The Labute approximate surface area is 126 Å². The maximum absolute atomic E-state index is 11.4. The topological polar surface area (TPSA) is 26.3 Å². The lowest BCUT2D eigenvalue weighted by atomic mass is 10.2. The fourth-order valence-corrected chi connectivity index (χ4v) is 3.32. The average molecular weight is 358 g/mol. The van der Waals surface area contributed by atoms with Crippen LogP contribution in [0.2, 0.25) is 19.1 Å². The highest BCUT2D eigenvalue weighted by Gasteiger charge is 2.25. The Morgan fingerprint density at radius 1 is 1.22 bits per heavy atom. The molecular formula is C13H26BrClO2Si. The van der Waals surface area contributed by atoms with Crippen molar-refractivity contribution in [1.82, 2.24) is 0 Å². The van der Waals surface area contributed by atoms with E-state index in [4.69, 9.17) is 16.3 Å². The molecule has 0 amide bonds. The summed E-state index contributed by atoms with van der Waals surface area (Å²) < 4.78 is 4.61. The summed E-state index contributed by atoms with van der Waals surface area (Å²) in [5.74, 6) is -0.182. The minimum atomic E-state index is -1.11. The van der Waals surface area contributed by atoms with E-state index < -0.39 is 12.4 Å². The molecule has 0 unspecified atom stereocenters. The second-order valence-corrected chi connectivity index (χ2v) is 14.0. The predicted molar refractivity (Wildman–Crippen MR) is 85.4 cm³/mol. The summed E-state index contributed by atoms with van der Waals surface area (Å²) in [5, 5.41) is 0. The second-order valence-electron chi connectivity index (χ2n) is 6.07. The number of carbonyl (C=O) groups excluding carboxylic acids is 1. The Bertz CT molecular complexity index is 252. The smallest absolute Gasteiger partial charge is 0.322 e. The van der Waals surface area contributed by atoms with Crippen LogP contribution in [0.3, 0.4) is 0 Å². The standard InChI is InChI=1S/C13H26BrClO2Si/c1-13(2,14)12(16)17-9-7-5-6-8-10-18(3,4)11-15/h5-11H2,1-4H3. The molecule has 0 rings (SSSR count). The number of esters is 1. The second kappa shape index (κ2) is 8.59. The maximum atomic E-state index is 11.4. The van der Waals surface area contributed by atoms with Crippen LogP contribution < -0.4 is 0 Å². The SMILES string of the molecule is CC(C)(Br)C(=O)OCCCCCC[Si](C)(C)CCl. The van der Waals surface area contributed by atoms with Crippen LogP contribution in [0.5, 0.6) is 0 Å². The van der Waals surface area contributed by atoms with Crippen molar-refractivity contribution in [2.24, 2.45) is 0 Å². The van der Waals surface area contributed by atoms with Crippen LogP contribution in [-0.2, 0) is 9.53 Å². The van der Waals surface area contributed by atoms with E-state index in [0.717, 1.165) is 18.3 Å². The van der Waals surface area contributed by atoms with Crippen LogP contribution in [0, 0.1) is 0 Å². The van der Waals surface area contributed by atoms with E-state index in [1.807, 2.05) is 0 Å². The molecule has 5 heteroatoms.